The van der Waals surface area contributed by atoms with Crippen LogP contribution in [0.3, 0.4) is 0 Å². The molecule has 0 saturated carbocycles. The molecule has 0 unspecified atom stereocenters. The molecule has 0 aromatic heterocycles. The molecule has 0 fully saturated rings. The summed E-state index contributed by atoms with van der Waals surface area (Å²) < 4.78 is 69.6. The Kier molecular flexibility index (Phi) is 5.92. The van der Waals surface area contributed by atoms with E-state index in [1.54, 1.807) is 0 Å². The Hall–Kier alpha value is -3.15. The normalized spacial score (nSPS) is 11.7. The van der Waals surface area contributed by atoms with Crippen LogP contribution in [0.15, 0.2) is 53.4 Å². The van der Waals surface area contributed by atoms with Crippen molar-refractivity contribution in [2.24, 2.45) is 0 Å². The number of carbonyl (C=O) groups excluding carboxylic acids is 1. The number of alkyl halides is 3. The summed E-state index contributed by atoms with van der Waals surface area (Å²) in [5.74, 6) is -1.01. The molecule has 12 heteroatoms. The zero-order chi connectivity index (χ0) is 21.1. The first-order valence-corrected chi connectivity index (χ1v) is 8.92. The highest BCUT2D eigenvalue weighted by Crippen LogP contribution is 2.33. The van der Waals surface area contributed by atoms with E-state index in [2.05, 4.69) is 4.74 Å². The zero-order valence-corrected chi connectivity index (χ0v) is 15.0. The van der Waals surface area contributed by atoms with Gasteiger partial charge >= 0.3 is 12.1 Å². The lowest BCUT2D eigenvalue weighted by atomic mass is 10.2. The first-order valence-electron chi connectivity index (χ1n) is 7.48. The van der Waals surface area contributed by atoms with Crippen molar-refractivity contribution in [1.82, 2.24) is 0 Å². The molecule has 0 bridgehead atoms. The van der Waals surface area contributed by atoms with Gasteiger partial charge in [0.25, 0.3) is 15.7 Å². The van der Waals surface area contributed by atoms with Gasteiger partial charge in [0.15, 0.2) is 0 Å². The SMILES string of the molecule is COC(=O)CN(c1cccc(C(F)(F)F)c1)S(=O)(=O)c1ccc([N+](=O)[O-])cc1. The largest absolute Gasteiger partial charge is 0.468 e. The van der Waals surface area contributed by atoms with Crippen LogP contribution in [-0.2, 0) is 25.7 Å². The summed E-state index contributed by atoms with van der Waals surface area (Å²) in [6.07, 6.45) is -4.73. The standard InChI is InChI=1S/C16H13F3N2O6S/c1-27-15(22)10-20(13-4-2-3-11(9-13)16(17,18)19)28(25,26)14-7-5-12(6-8-14)21(23)24/h2-9H,10H2,1H3. The highest BCUT2D eigenvalue weighted by Gasteiger charge is 2.33. The van der Waals surface area contributed by atoms with E-state index in [4.69, 9.17) is 0 Å². The van der Waals surface area contributed by atoms with Gasteiger partial charge in [-0.25, -0.2) is 8.42 Å². The van der Waals surface area contributed by atoms with Crippen LogP contribution >= 0.6 is 0 Å². The number of nitro benzene ring substituents is 1. The molecule has 8 nitrogen and oxygen atoms in total. The highest BCUT2D eigenvalue weighted by atomic mass is 32.2. The van der Waals surface area contributed by atoms with Gasteiger partial charge in [-0.05, 0) is 30.3 Å². The minimum Gasteiger partial charge on any atom is -0.468 e. The molecule has 28 heavy (non-hydrogen) atoms. The Morgan fingerprint density at radius 1 is 1.18 bits per heavy atom. The van der Waals surface area contributed by atoms with Gasteiger partial charge in [-0.2, -0.15) is 13.2 Å². The van der Waals surface area contributed by atoms with E-state index < -0.39 is 49.8 Å². The van der Waals surface area contributed by atoms with Crippen LogP contribution in [-0.4, -0.2) is 33.0 Å². The van der Waals surface area contributed by atoms with Crippen LogP contribution in [0, 0.1) is 10.1 Å². The van der Waals surface area contributed by atoms with E-state index in [1.165, 1.54) is 0 Å². The topological polar surface area (TPSA) is 107 Å². The molecule has 0 saturated heterocycles. The Morgan fingerprint density at radius 3 is 2.29 bits per heavy atom. The van der Waals surface area contributed by atoms with E-state index in [0.717, 1.165) is 49.6 Å². The molecule has 150 valence electrons. The lowest BCUT2D eigenvalue weighted by Gasteiger charge is -2.24. The number of esters is 1. The molecule has 2 rings (SSSR count). The third-order valence-corrected chi connectivity index (χ3v) is 5.39. The molecule has 2 aromatic carbocycles. The number of rotatable bonds is 6. The second kappa shape index (κ2) is 7.84. The summed E-state index contributed by atoms with van der Waals surface area (Å²) in [4.78, 5) is 21.2. The van der Waals surface area contributed by atoms with E-state index in [-0.39, 0.29) is 5.69 Å². The van der Waals surface area contributed by atoms with E-state index >= 15 is 0 Å². The number of halogens is 3. The molecule has 0 radical (unpaired) electrons. The van der Waals surface area contributed by atoms with Crippen LogP contribution in [0.25, 0.3) is 0 Å². The number of ether oxygens (including phenoxy) is 1. The lowest BCUT2D eigenvalue weighted by Crippen LogP contribution is -2.36. The Labute approximate surface area is 157 Å². The van der Waals surface area contributed by atoms with Gasteiger partial charge in [0, 0.05) is 12.1 Å². The molecule has 0 atom stereocenters. The van der Waals surface area contributed by atoms with Crippen LogP contribution in [0.1, 0.15) is 5.56 Å². The minimum absolute atomic E-state index is 0.377. The highest BCUT2D eigenvalue weighted by molar-refractivity contribution is 7.92. The van der Waals surface area contributed by atoms with Crippen molar-refractivity contribution < 1.29 is 36.0 Å². The summed E-state index contributed by atoms with van der Waals surface area (Å²) >= 11 is 0. The van der Waals surface area contributed by atoms with Gasteiger partial charge in [0.2, 0.25) is 0 Å². The van der Waals surface area contributed by atoms with Crippen molar-refractivity contribution in [3.63, 3.8) is 0 Å². The van der Waals surface area contributed by atoms with Crippen molar-refractivity contribution in [3.8, 4) is 0 Å². The average molecular weight is 418 g/mol. The van der Waals surface area contributed by atoms with E-state index in [0.29, 0.717) is 10.4 Å². The number of methoxy groups -OCH3 is 1. The molecule has 0 N–H and O–H groups in total. The van der Waals surface area contributed by atoms with Gasteiger partial charge in [-0.3, -0.25) is 19.2 Å². The predicted octanol–water partition coefficient (Wildman–Crippen LogP) is 2.98. The fraction of sp³-hybridized carbons (Fsp3) is 0.188. The van der Waals surface area contributed by atoms with Crippen molar-refractivity contribution in [2.75, 3.05) is 18.0 Å². The van der Waals surface area contributed by atoms with Crippen LogP contribution in [0.4, 0.5) is 24.5 Å². The van der Waals surface area contributed by atoms with E-state index in [1.807, 2.05) is 0 Å². The second-order valence-electron chi connectivity index (χ2n) is 5.39. The number of nitro groups is 1. The molecule has 0 aliphatic rings. The number of anilines is 1. The second-order valence-corrected chi connectivity index (χ2v) is 7.25. The number of hydrogen-bond acceptors (Lipinski definition) is 6. The number of hydrogen-bond donors (Lipinski definition) is 0. The Morgan fingerprint density at radius 2 is 1.79 bits per heavy atom. The van der Waals surface area contributed by atoms with Crippen LogP contribution in [0.2, 0.25) is 0 Å². The third-order valence-electron chi connectivity index (χ3n) is 3.60. The molecular formula is C16H13F3N2O6S. The lowest BCUT2D eigenvalue weighted by molar-refractivity contribution is -0.384. The van der Waals surface area contributed by atoms with Crippen molar-refractivity contribution >= 4 is 27.4 Å². The summed E-state index contributed by atoms with van der Waals surface area (Å²) in [6, 6.07) is 7.10. The molecule has 0 spiro atoms. The number of nitrogens with zero attached hydrogens (tertiary/aromatic N) is 2. The Bertz CT molecular complexity index is 990. The molecule has 0 heterocycles. The first kappa shape index (κ1) is 21.2. The predicted molar refractivity (Wildman–Crippen MR) is 91.1 cm³/mol. The van der Waals surface area contributed by atoms with Crippen LogP contribution < -0.4 is 4.31 Å². The van der Waals surface area contributed by atoms with Crippen molar-refractivity contribution in [1.29, 1.82) is 0 Å². The summed E-state index contributed by atoms with van der Waals surface area (Å²) in [7, 11) is -3.53. The number of carbonyl (C=O) groups is 1. The van der Waals surface area contributed by atoms with Gasteiger partial charge in [0.05, 0.1) is 28.2 Å². The number of sulfonamides is 1. The molecular weight excluding hydrogens is 405 g/mol. The van der Waals surface area contributed by atoms with Crippen molar-refractivity contribution in [2.45, 2.75) is 11.1 Å². The van der Waals surface area contributed by atoms with Crippen molar-refractivity contribution in [3.05, 3.63) is 64.2 Å². The van der Waals surface area contributed by atoms with Gasteiger partial charge in [-0.15, -0.1) is 0 Å². The summed E-state index contributed by atoms with van der Waals surface area (Å²) in [5, 5.41) is 10.7. The fourth-order valence-corrected chi connectivity index (χ4v) is 3.60. The fourth-order valence-electron chi connectivity index (χ4n) is 2.20. The average Bonchev–Trinajstić information content (AvgIpc) is 2.65. The number of benzene rings is 2. The smallest absolute Gasteiger partial charge is 0.416 e. The third kappa shape index (κ3) is 4.57. The van der Waals surface area contributed by atoms with Crippen LogP contribution in [0.5, 0.6) is 0 Å². The van der Waals surface area contributed by atoms with Gasteiger partial charge < -0.3 is 4.74 Å². The molecule has 0 aliphatic carbocycles. The summed E-state index contributed by atoms with van der Waals surface area (Å²) in [6.45, 7) is -0.892. The van der Waals surface area contributed by atoms with E-state index in [9.17, 15) is 36.5 Å². The molecule has 0 aliphatic heterocycles. The monoisotopic (exact) mass is 418 g/mol. The van der Waals surface area contributed by atoms with Gasteiger partial charge in [-0.1, -0.05) is 6.07 Å². The van der Waals surface area contributed by atoms with Gasteiger partial charge in [0.1, 0.15) is 6.54 Å². The molecule has 0 amide bonds. The minimum atomic E-state index is -4.73. The maximum Gasteiger partial charge on any atom is 0.416 e. The maximum absolute atomic E-state index is 13.0. The zero-order valence-electron chi connectivity index (χ0n) is 14.2. The quantitative estimate of drug-likeness (QED) is 0.406. The maximum atomic E-state index is 13.0. The number of non-ortho nitro benzene ring substituents is 1. The summed E-state index contributed by atoms with van der Waals surface area (Å²) in [5.41, 5.74) is -1.91. The molecule has 2 aromatic rings. The Balaban J connectivity index is 2.56. The first-order chi connectivity index (χ1) is 13.0.